The number of carbonyl (C=O) groups excluding carboxylic acids is 1. The molecule has 0 aliphatic carbocycles. The minimum atomic E-state index is -0.0528. The van der Waals surface area contributed by atoms with E-state index in [-0.39, 0.29) is 11.9 Å². The molecule has 1 fully saturated rings. The van der Waals surface area contributed by atoms with Gasteiger partial charge in [0.1, 0.15) is 18.1 Å². The van der Waals surface area contributed by atoms with E-state index in [1.165, 1.54) is 0 Å². The Bertz CT molecular complexity index is 732. The predicted octanol–water partition coefficient (Wildman–Crippen LogP) is 4.31. The van der Waals surface area contributed by atoms with Crippen LogP contribution in [-0.4, -0.2) is 43.7 Å². The molecule has 0 unspecified atom stereocenters. The summed E-state index contributed by atoms with van der Waals surface area (Å²) in [5.74, 6) is 1.65. The van der Waals surface area contributed by atoms with Gasteiger partial charge in [0.15, 0.2) is 0 Å². The van der Waals surface area contributed by atoms with E-state index in [4.69, 9.17) is 14.2 Å². The van der Waals surface area contributed by atoms with Gasteiger partial charge >= 0.3 is 5.97 Å². The van der Waals surface area contributed by atoms with Crippen molar-refractivity contribution in [1.29, 1.82) is 0 Å². The van der Waals surface area contributed by atoms with Gasteiger partial charge in [0.05, 0.1) is 19.1 Å². The highest BCUT2D eigenvalue weighted by atomic mass is 16.5. The number of piperidine rings is 1. The molecule has 1 atom stereocenters. The fraction of sp³-hybridized carbons (Fsp3) is 0.458. The first-order valence-corrected chi connectivity index (χ1v) is 10.5. The molecule has 0 radical (unpaired) electrons. The number of hydrogen-bond donors (Lipinski definition) is 0. The number of ether oxygens (including phenoxy) is 3. The second-order valence-electron chi connectivity index (χ2n) is 7.34. The summed E-state index contributed by atoms with van der Waals surface area (Å²) in [6.45, 7) is 6.31. The molecule has 0 spiro atoms. The van der Waals surface area contributed by atoms with Crippen LogP contribution in [0.3, 0.4) is 0 Å². The SMILES string of the molecule is CCOC(=O)[C@H]1CCCN(CCCOc2ccc(OCc3ccccc3)cc2)C1. The Morgan fingerprint density at radius 1 is 1.03 bits per heavy atom. The Morgan fingerprint density at radius 3 is 2.48 bits per heavy atom. The predicted molar refractivity (Wildman–Crippen MR) is 113 cm³/mol. The number of carbonyl (C=O) groups is 1. The lowest BCUT2D eigenvalue weighted by Gasteiger charge is -2.31. The number of nitrogens with zero attached hydrogens (tertiary/aromatic N) is 1. The second-order valence-corrected chi connectivity index (χ2v) is 7.34. The molecule has 0 amide bonds. The lowest BCUT2D eigenvalue weighted by Crippen LogP contribution is -2.40. The van der Waals surface area contributed by atoms with Gasteiger partial charge in [-0.1, -0.05) is 30.3 Å². The zero-order valence-corrected chi connectivity index (χ0v) is 17.2. The molecule has 29 heavy (non-hydrogen) atoms. The molecule has 1 saturated heterocycles. The summed E-state index contributed by atoms with van der Waals surface area (Å²) in [5.41, 5.74) is 1.15. The maximum Gasteiger partial charge on any atom is 0.310 e. The lowest BCUT2D eigenvalue weighted by atomic mass is 9.98. The Morgan fingerprint density at radius 2 is 1.76 bits per heavy atom. The van der Waals surface area contributed by atoms with Crippen LogP contribution in [0.4, 0.5) is 0 Å². The minimum Gasteiger partial charge on any atom is -0.494 e. The monoisotopic (exact) mass is 397 g/mol. The summed E-state index contributed by atoms with van der Waals surface area (Å²) in [7, 11) is 0. The zero-order valence-electron chi connectivity index (χ0n) is 17.2. The van der Waals surface area contributed by atoms with Crippen molar-refractivity contribution in [1.82, 2.24) is 4.90 Å². The fourth-order valence-electron chi connectivity index (χ4n) is 3.56. The van der Waals surface area contributed by atoms with Gasteiger partial charge in [-0.15, -0.1) is 0 Å². The zero-order chi connectivity index (χ0) is 20.3. The first kappa shape index (κ1) is 21.2. The third-order valence-corrected chi connectivity index (χ3v) is 5.08. The topological polar surface area (TPSA) is 48.0 Å². The van der Waals surface area contributed by atoms with Crippen LogP contribution < -0.4 is 9.47 Å². The Labute approximate surface area is 173 Å². The molecule has 0 bridgehead atoms. The van der Waals surface area contributed by atoms with Gasteiger partial charge in [-0.05, 0) is 62.6 Å². The molecule has 1 aliphatic rings. The Balaban J connectivity index is 1.33. The first-order valence-electron chi connectivity index (χ1n) is 10.5. The van der Waals surface area contributed by atoms with Crippen molar-refractivity contribution in [3.63, 3.8) is 0 Å². The van der Waals surface area contributed by atoms with E-state index in [1.807, 2.05) is 49.4 Å². The van der Waals surface area contributed by atoms with E-state index in [9.17, 15) is 4.79 Å². The number of benzene rings is 2. The van der Waals surface area contributed by atoms with Crippen molar-refractivity contribution >= 4 is 5.97 Å². The molecule has 1 aliphatic heterocycles. The molecule has 0 aromatic heterocycles. The molecule has 2 aromatic carbocycles. The summed E-state index contributed by atoms with van der Waals surface area (Å²) in [6, 6.07) is 17.9. The van der Waals surface area contributed by atoms with Gasteiger partial charge in [-0.25, -0.2) is 0 Å². The van der Waals surface area contributed by atoms with E-state index in [0.717, 1.165) is 56.0 Å². The average molecular weight is 398 g/mol. The van der Waals surface area contributed by atoms with Gasteiger partial charge in [-0.3, -0.25) is 4.79 Å². The van der Waals surface area contributed by atoms with Crippen LogP contribution >= 0.6 is 0 Å². The van der Waals surface area contributed by atoms with Crippen LogP contribution in [0.25, 0.3) is 0 Å². The maximum atomic E-state index is 11.9. The molecule has 3 rings (SSSR count). The molecule has 1 heterocycles. The molecule has 0 N–H and O–H groups in total. The number of rotatable bonds is 10. The van der Waals surface area contributed by atoms with Gasteiger partial charge in [0.25, 0.3) is 0 Å². The molecular weight excluding hydrogens is 366 g/mol. The number of hydrogen-bond acceptors (Lipinski definition) is 5. The summed E-state index contributed by atoms with van der Waals surface area (Å²) < 4.78 is 16.8. The van der Waals surface area contributed by atoms with Crippen molar-refractivity contribution < 1.29 is 19.0 Å². The van der Waals surface area contributed by atoms with E-state index in [0.29, 0.717) is 19.8 Å². The minimum absolute atomic E-state index is 0.0213. The van der Waals surface area contributed by atoms with Crippen LogP contribution in [0, 0.1) is 5.92 Å². The fourth-order valence-corrected chi connectivity index (χ4v) is 3.56. The van der Waals surface area contributed by atoms with Crippen LogP contribution in [0.1, 0.15) is 31.7 Å². The largest absolute Gasteiger partial charge is 0.494 e. The summed E-state index contributed by atoms with van der Waals surface area (Å²) >= 11 is 0. The van der Waals surface area contributed by atoms with Crippen molar-refractivity contribution in [3.05, 3.63) is 60.2 Å². The summed E-state index contributed by atoms with van der Waals surface area (Å²) in [4.78, 5) is 14.3. The Hall–Kier alpha value is -2.53. The van der Waals surface area contributed by atoms with Gasteiger partial charge in [0, 0.05) is 13.1 Å². The third kappa shape index (κ3) is 7.09. The van der Waals surface area contributed by atoms with Gasteiger partial charge < -0.3 is 19.1 Å². The van der Waals surface area contributed by atoms with Crippen molar-refractivity contribution in [2.75, 3.05) is 32.8 Å². The third-order valence-electron chi connectivity index (χ3n) is 5.08. The van der Waals surface area contributed by atoms with Crippen LogP contribution in [-0.2, 0) is 16.1 Å². The highest BCUT2D eigenvalue weighted by molar-refractivity contribution is 5.72. The van der Waals surface area contributed by atoms with E-state index in [1.54, 1.807) is 0 Å². The molecular formula is C24H31NO4. The van der Waals surface area contributed by atoms with Gasteiger partial charge in [-0.2, -0.15) is 0 Å². The molecule has 5 nitrogen and oxygen atoms in total. The van der Waals surface area contributed by atoms with Crippen LogP contribution in [0.5, 0.6) is 11.5 Å². The number of esters is 1. The lowest BCUT2D eigenvalue weighted by molar-refractivity contribution is -0.149. The van der Waals surface area contributed by atoms with Gasteiger partial charge in [0.2, 0.25) is 0 Å². The van der Waals surface area contributed by atoms with E-state index in [2.05, 4.69) is 17.0 Å². The average Bonchev–Trinajstić information content (AvgIpc) is 2.77. The van der Waals surface area contributed by atoms with E-state index >= 15 is 0 Å². The summed E-state index contributed by atoms with van der Waals surface area (Å²) in [5, 5.41) is 0. The highest BCUT2D eigenvalue weighted by Gasteiger charge is 2.26. The number of likely N-dealkylation sites (tertiary alicyclic amines) is 1. The molecule has 156 valence electrons. The normalized spacial score (nSPS) is 16.9. The molecule has 2 aromatic rings. The van der Waals surface area contributed by atoms with Crippen LogP contribution in [0.2, 0.25) is 0 Å². The quantitative estimate of drug-likeness (QED) is 0.442. The van der Waals surface area contributed by atoms with E-state index < -0.39 is 0 Å². The molecule has 5 heteroatoms. The standard InChI is InChI=1S/C24H31NO4/c1-2-27-24(26)21-10-6-15-25(18-21)16-7-17-28-22-11-13-23(14-12-22)29-19-20-8-4-3-5-9-20/h3-5,8-9,11-14,21H,2,6-7,10,15-19H2,1H3/t21-/m0/s1. The highest BCUT2D eigenvalue weighted by Crippen LogP contribution is 2.20. The summed E-state index contributed by atoms with van der Waals surface area (Å²) in [6.07, 6.45) is 2.92. The van der Waals surface area contributed by atoms with Crippen LogP contribution in [0.15, 0.2) is 54.6 Å². The first-order chi connectivity index (χ1) is 14.2. The smallest absolute Gasteiger partial charge is 0.310 e. The molecule has 0 saturated carbocycles. The second kappa shape index (κ2) is 11.5. The maximum absolute atomic E-state index is 11.9. The van der Waals surface area contributed by atoms with Crippen molar-refractivity contribution in [2.24, 2.45) is 5.92 Å². The van der Waals surface area contributed by atoms with Crippen molar-refractivity contribution in [3.8, 4) is 11.5 Å². The van der Waals surface area contributed by atoms with Crippen molar-refractivity contribution in [2.45, 2.75) is 32.8 Å². The Kier molecular flexibility index (Phi) is 8.38.